The summed E-state index contributed by atoms with van der Waals surface area (Å²) in [7, 11) is -4.07. The van der Waals surface area contributed by atoms with Gasteiger partial charge < -0.3 is 9.79 Å². The minimum atomic E-state index is -4.07. The molecule has 4 nitrogen and oxygen atoms in total. The van der Waals surface area contributed by atoms with Crippen LogP contribution in [0.4, 0.5) is 4.39 Å². The zero-order chi connectivity index (χ0) is 12.3. The Kier molecular flexibility index (Phi) is 5.10. The van der Waals surface area contributed by atoms with Gasteiger partial charge in [-0.3, -0.25) is 9.36 Å². The highest BCUT2D eigenvalue weighted by molar-refractivity contribution is 7.51. The second kappa shape index (κ2) is 5.19. The number of halogens is 1. The molecule has 0 fully saturated rings. The van der Waals surface area contributed by atoms with Crippen LogP contribution < -0.4 is 0 Å². The molecule has 15 heavy (non-hydrogen) atoms. The zero-order valence-electron chi connectivity index (χ0n) is 9.23. The fraction of sp³-hybridized carbons (Fsp3) is 0.889. The predicted octanol–water partition coefficient (Wildman–Crippen LogP) is 1.90. The van der Waals surface area contributed by atoms with Crippen molar-refractivity contribution in [3.63, 3.8) is 0 Å². The van der Waals surface area contributed by atoms with Crippen molar-refractivity contribution in [2.45, 2.75) is 39.8 Å². The Labute approximate surface area is 89.0 Å². The molecule has 0 unspecified atom stereocenters. The van der Waals surface area contributed by atoms with E-state index in [9.17, 15) is 13.8 Å². The maximum Gasteiger partial charge on any atom is 0.325 e. The van der Waals surface area contributed by atoms with E-state index in [4.69, 9.17) is 9.79 Å². The number of hydrogen-bond donors (Lipinski definition) is 2. The molecule has 0 aliphatic carbocycles. The molecular weight excluding hydrogens is 222 g/mol. The summed E-state index contributed by atoms with van der Waals surface area (Å²) in [5, 5.41) is 0. The van der Waals surface area contributed by atoms with Crippen LogP contribution in [0.25, 0.3) is 0 Å². The van der Waals surface area contributed by atoms with Crippen molar-refractivity contribution in [2.75, 3.05) is 6.16 Å². The molecule has 0 spiro atoms. The minimum absolute atomic E-state index is 0.0211. The number of rotatable bonds is 5. The monoisotopic (exact) mass is 240 g/mol. The first kappa shape index (κ1) is 14.8. The topological polar surface area (TPSA) is 74.6 Å². The van der Waals surface area contributed by atoms with E-state index in [-0.39, 0.29) is 19.0 Å². The van der Waals surface area contributed by atoms with E-state index in [1.807, 2.05) is 0 Å². The van der Waals surface area contributed by atoms with Crippen molar-refractivity contribution in [1.29, 1.82) is 0 Å². The summed E-state index contributed by atoms with van der Waals surface area (Å²) < 4.78 is 23.7. The molecule has 0 amide bonds. The van der Waals surface area contributed by atoms with Crippen LogP contribution in [-0.2, 0) is 9.36 Å². The average Bonchev–Trinajstić information content (AvgIpc) is 1.98. The van der Waals surface area contributed by atoms with Crippen molar-refractivity contribution < 1.29 is 23.5 Å². The lowest BCUT2D eigenvalue weighted by molar-refractivity contribution is -0.131. The Balaban J connectivity index is 4.01. The number of ketones is 1. The molecule has 6 heteroatoms. The van der Waals surface area contributed by atoms with Gasteiger partial charge in [0.1, 0.15) is 0 Å². The van der Waals surface area contributed by atoms with Crippen molar-refractivity contribution >= 4 is 13.4 Å². The molecule has 0 aliphatic heterocycles. The maximum atomic E-state index is 13.3. The first-order valence-electron chi connectivity index (χ1n) is 4.77. The Morgan fingerprint density at radius 2 is 1.87 bits per heavy atom. The number of hydrogen-bond acceptors (Lipinski definition) is 2. The van der Waals surface area contributed by atoms with E-state index >= 15 is 0 Å². The van der Waals surface area contributed by atoms with Gasteiger partial charge in [-0.1, -0.05) is 20.8 Å². The molecule has 0 rings (SSSR count). The number of Topliss-reactive ketones (excluding diaryl/α,β-unsaturated/α-hetero) is 1. The average molecular weight is 240 g/mol. The summed E-state index contributed by atoms with van der Waals surface area (Å²) >= 11 is 0. The van der Waals surface area contributed by atoms with Gasteiger partial charge in [-0.05, 0) is 12.8 Å². The van der Waals surface area contributed by atoms with Gasteiger partial charge >= 0.3 is 7.60 Å². The minimum Gasteiger partial charge on any atom is -0.324 e. The molecule has 0 bridgehead atoms. The maximum absolute atomic E-state index is 13.3. The van der Waals surface area contributed by atoms with E-state index < -0.39 is 25.0 Å². The molecule has 0 saturated carbocycles. The Hall–Kier alpha value is -0.250. The summed E-state index contributed by atoms with van der Waals surface area (Å²) in [4.78, 5) is 28.4. The first-order chi connectivity index (χ1) is 6.54. The smallest absolute Gasteiger partial charge is 0.324 e. The Morgan fingerprint density at radius 3 is 2.20 bits per heavy atom. The quantitative estimate of drug-likeness (QED) is 0.720. The largest absolute Gasteiger partial charge is 0.325 e. The molecule has 2 N–H and O–H groups in total. The van der Waals surface area contributed by atoms with E-state index in [1.54, 1.807) is 20.8 Å². The molecule has 0 radical (unpaired) electrons. The highest BCUT2D eigenvalue weighted by Crippen LogP contribution is 2.35. The predicted molar refractivity (Wildman–Crippen MR) is 55.5 cm³/mol. The van der Waals surface area contributed by atoms with Gasteiger partial charge in [0.2, 0.25) is 0 Å². The van der Waals surface area contributed by atoms with E-state index in [1.165, 1.54) is 0 Å². The third kappa shape index (κ3) is 6.77. The normalized spacial score (nSPS) is 15.1. The lowest BCUT2D eigenvalue weighted by Gasteiger charge is -2.19. The third-order valence-electron chi connectivity index (χ3n) is 1.93. The second-order valence-corrected chi connectivity index (χ2v) is 6.39. The lowest BCUT2D eigenvalue weighted by atomic mass is 9.87. The van der Waals surface area contributed by atoms with E-state index in [0.29, 0.717) is 0 Å². The molecule has 0 heterocycles. The summed E-state index contributed by atoms with van der Waals surface area (Å²) in [6, 6.07) is 0. The lowest BCUT2D eigenvalue weighted by Crippen LogP contribution is -2.29. The van der Waals surface area contributed by atoms with Crippen LogP contribution in [0.3, 0.4) is 0 Å². The third-order valence-corrected chi connectivity index (χ3v) is 2.83. The summed E-state index contributed by atoms with van der Waals surface area (Å²) in [6.45, 7) is 4.85. The molecular formula is C9H18FO4P. The molecule has 1 atom stereocenters. The van der Waals surface area contributed by atoms with Crippen molar-refractivity contribution in [2.24, 2.45) is 5.41 Å². The van der Waals surface area contributed by atoms with Crippen LogP contribution in [0, 0.1) is 5.41 Å². The molecule has 0 saturated heterocycles. The molecule has 0 aromatic rings. The standard InChI is InChI=1S/C9H18FO4P/c1-9(2,3)8(11)7(10)5-4-6-15(12,13)14/h7H,4-6H2,1-3H3,(H2,12,13,14)/t7-/m0/s1. The van der Waals surface area contributed by atoms with Crippen molar-refractivity contribution in [3.05, 3.63) is 0 Å². The van der Waals surface area contributed by atoms with Crippen LogP contribution in [0.5, 0.6) is 0 Å². The summed E-state index contributed by atoms with van der Waals surface area (Å²) in [6.07, 6.45) is -2.10. The van der Waals surface area contributed by atoms with Gasteiger partial charge in [0, 0.05) is 11.6 Å². The van der Waals surface area contributed by atoms with Crippen LogP contribution in [0.2, 0.25) is 0 Å². The van der Waals surface area contributed by atoms with Gasteiger partial charge in [-0.15, -0.1) is 0 Å². The molecule has 0 aromatic heterocycles. The Morgan fingerprint density at radius 1 is 1.40 bits per heavy atom. The van der Waals surface area contributed by atoms with Crippen LogP contribution >= 0.6 is 7.60 Å². The summed E-state index contributed by atoms with van der Waals surface area (Å²) in [5.41, 5.74) is -0.748. The second-order valence-electron chi connectivity index (χ2n) is 4.61. The van der Waals surface area contributed by atoms with Gasteiger partial charge in [0.25, 0.3) is 0 Å². The van der Waals surface area contributed by atoms with Crippen molar-refractivity contribution in [1.82, 2.24) is 0 Å². The Bertz CT molecular complexity index is 266. The molecule has 0 aliphatic rings. The van der Waals surface area contributed by atoms with E-state index in [2.05, 4.69) is 0 Å². The van der Waals surface area contributed by atoms with Gasteiger partial charge in [0.15, 0.2) is 12.0 Å². The first-order valence-corrected chi connectivity index (χ1v) is 6.57. The molecule has 90 valence electrons. The summed E-state index contributed by atoms with van der Waals surface area (Å²) in [5.74, 6) is -0.520. The van der Waals surface area contributed by atoms with Crippen LogP contribution in [0.1, 0.15) is 33.6 Å². The number of carbonyl (C=O) groups is 1. The van der Waals surface area contributed by atoms with Crippen LogP contribution in [-0.4, -0.2) is 27.9 Å². The number of carbonyl (C=O) groups excluding carboxylic acids is 1. The van der Waals surface area contributed by atoms with Gasteiger partial charge in [-0.25, -0.2) is 4.39 Å². The van der Waals surface area contributed by atoms with E-state index in [0.717, 1.165) is 0 Å². The van der Waals surface area contributed by atoms with Crippen LogP contribution in [0.15, 0.2) is 0 Å². The van der Waals surface area contributed by atoms with Gasteiger partial charge in [-0.2, -0.15) is 0 Å². The van der Waals surface area contributed by atoms with Crippen molar-refractivity contribution in [3.8, 4) is 0 Å². The SMILES string of the molecule is CC(C)(C)C(=O)[C@@H](F)CCCP(=O)(O)O. The zero-order valence-corrected chi connectivity index (χ0v) is 10.1. The highest BCUT2D eigenvalue weighted by atomic mass is 31.2. The fourth-order valence-corrected chi connectivity index (χ4v) is 1.67. The fourth-order valence-electron chi connectivity index (χ4n) is 1.08. The van der Waals surface area contributed by atoms with Gasteiger partial charge in [0.05, 0.1) is 0 Å². The highest BCUT2D eigenvalue weighted by Gasteiger charge is 2.29. The number of alkyl halides is 1. The molecule has 0 aromatic carbocycles.